The van der Waals surface area contributed by atoms with Crippen molar-refractivity contribution in [3.8, 4) is 5.75 Å². The van der Waals surface area contributed by atoms with Crippen LogP contribution in [0.5, 0.6) is 5.75 Å². The van der Waals surface area contributed by atoms with E-state index >= 15 is 0 Å². The number of hydrogen-bond acceptors (Lipinski definition) is 4. The standard InChI is InChI=1S/C13H21NO3/c1-13(2,3)14-7-12(17)9-4-5-11(16)10(6-9)8-15/h4-6,12,14-17H,7-8H2,1-3H3/t12-/m1/s1/i7D2,12D. The normalized spacial score (nSPS) is 19.0. The zero-order chi connectivity index (χ0) is 15.8. The molecule has 17 heavy (non-hydrogen) atoms. The zero-order valence-electron chi connectivity index (χ0n) is 13.3. The van der Waals surface area contributed by atoms with Crippen molar-refractivity contribution >= 4 is 0 Å². The molecule has 0 saturated heterocycles. The zero-order valence-corrected chi connectivity index (χ0v) is 10.3. The number of aliphatic hydroxyl groups is 2. The minimum atomic E-state index is -2.57. The highest BCUT2D eigenvalue weighted by Crippen LogP contribution is 2.22. The smallest absolute Gasteiger partial charge is 0.121 e. The summed E-state index contributed by atoms with van der Waals surface area (Å²) in [5, 5.41) is 31.4. The first-order valence-electron chi connectivity index (χ1n) is 6.86. The van der Waals surface area contributed by atoms with Crippen molar-refractivity contribution < 1.29 is 19.4 Å². The van der Waals surface area contributed by atoms with Crippen LogP contribution in [0.1, 0.15) is 42.1 Å². The number of aromatic hydroxyl groups is 1. The van der Waals surface area contributed by atoms with Gasteiger partial charge in [-0.3, -0.25) is 0 Å². The average molecular weight is 242 g/mol. The topological polar surface area (TPSA) is 72.7 Å². The van der Waals surface area contributed by atoms with Crippen LogP contribution in [0, 0.1) is 0 Å². The molecule has 0 radical (unpaired) electrons. The summed E-state index contributed by atoms with van der Waals surface area (Å²) < 4.78 is 23.7. The first-order chi connectivity index (χ1) is 8.90. The minimum absolute atomic E-state index is 0.0545. The van der Waals surface area contributed by atoms with E-state index in [9.17, 15) is 10.2 Å². The molecule has 0 spiro atoms. The molecule has 96 valence electrons. The van der Waals surface area contributed by atoms with Gasteiger partial charge < -0.3 is 20.6 Å². The van der Waals surface area contributed by atoms with E-state index in [1.54, 1.807) is 20.8 Å². The number of β-amino-alcohol motifs (C(OH)–C–C–N with tert-alkyl or cyclic N) is 1. The lowest BCUT2D eigenvalue weighted by molar-refractivity contribution is 0.163. The van der Waals surface area contributed by atoms with Gasteiger partial charge in [-0.15, -0.1) is 0 Å². The molecule has 1 aromatic carbocycles. The van der Waals surface area contributed by atoms with Gasteiger partial charge in [-0.1, -0.05) is 6.07 Å². The predicted octanol–water partition coefficient (Wildman–Crippen LogP) is 1.31. The summed E-state index contributed by atoms with van der Waals surface area (Å²) in [6, 6.07) is 3.68. The quantitative estimate of drug-likeness (QED) is 0.642. The van der Waals surface area contributed by atoms with Gasteiger partial charge in [0, 0.05) is 20.3 Å². The molecule has 1 aromatic rings. The van der Waals surface area contributed by atoms with Crippen LogP contribution in [0.3, 0.4) is 0 Å². The molecule has 4 nitrogen and oxygen atoms in total. The second kappa shape index (κ2) is 5.49. The number of phenols is 1. The molecule has 0 aliphatic heterocycles. The van der Waals surface area contributed by atoms with Crippen LogP contribution in [-0.4, -0.2) is 27.4 Å². The van der Waals surface area contributed by atoms with Gasteiger partial charge in [-0.2, -0.15) is 0 Å². The van der Waals surface area contributed by atoms with Crippen molar-refractivity contribution in [1.82, 2.24) is 5.32 Å². The van der Waals surface area contributed by atoms with Crippen LogP contribution >= 0.6 is 0 Å². The third kappa shape index (κ3) is 4.34. The molecule has 0 fully saturated rings. The van der Waals surface area contributed by atoms with Gasteiger partial charge in [-0.05, 0) is 38.5 Å². The van der Waals surface area contributed by atoms with Crippen molar-refractivity contribution in [2.45, 2.75) is 39.0 Å². The summed E-state index contributed by atoms with van der Waals surface area (Å²) in [5.41, 5.74) is -0.573. The molecule has 0 saturated carbocycles. The van der Waals surface area contributed by atoms with Crippen molar-refractivity contribution in [3.63, 3.8) is 0 Å². The van der Waals surface area contributed by atoms with Gasteiger partial charge in [-0.25, -0.2) is 0 Å². The number of benzene rings is 1. The van der Waals surface area contributed by atoms with E-state index in [1.807, 2.05) is 0 Å². The van der Waals surface area contributed by atoms with E-state index in [4.69, 9.17) is 9.22 Å². The number of rotatable bonds is 4. The minimum Gasteiger partial charge on any atom is -0.508 e. The van der Waals surface area contributed by atoms with Gasteiger partial charge in [0.15, 0.2) is 0 Å². The molecule has 0 bridgehead atoms. The molecular formula is C13H21NO3. The largest absolute Gasteiger partial charge is 0.508 e. The van der Waals surface area contributed by atoms with E-state index in [0.29, 0.717) is 0 Å². The van der Waals surface area contributed by atoms with E-state index in [-0.39, 0.29) is 16.9 Å². The molecule has 4 heteroatoms. The fourth-order valence-corrected chi connectivity index (χ4v) is 1.18. The fraction of sp³-hybridized carbons (Fsp3) is 0.538. The van der Waals surface area contributed by atoms with Crippen molar-refractivity contribution in [2.24, 2.45) is 0 Å². The lowest BCUT2D eigenvalue weighted by Crippen LogP contribution is -2.38. The van der Waals surface area contributed by atoms with Gasteiger partial charge in [0.05, 0.1) is 14.1 Å². The second-order valence-corrected chi connectivity index (χ2v) is 4.85. The Morgan fingerprint density at radius 2 is 2.12 bits per heavy atom. The molecule has 0 unspecified atom stereocenters. The molecule has 1 atom stereocenters. The highest BCUT2D eigenvalue weighted by molar-refractivity contribution is 5.36. The Morgan fingerprint density at radius 3 is 2.65 bits per heavy atom. The van der Waals surface area contributed by atoms with Crippen LogP contribution < -0.4 is 5.32 Å². The summed E-state index contributed by atoms with van der Waals surface area (Å²) in [6.45, 7) is 2.27. The molecule has 0 heterocycles. The van der Waals surface area contributed by atoms with Gasteiger partial charge in [0.25, 0.3) is 0 Å². The van der Waals surface area contributed by atoms with Crippen LogP contribution in [0.2, 0.25) is 0 Å². The highest BCUT2D eigenvalue weighted by atomic mass is 16.3. The Kier molecular flexibility index (Phi) is 3.19. The Bertz CT molecular complexity index is 484. The van der Waals surface area contributed by atoms with Crippen LogP contribution in [0.15, 0.2) is 18.2 Å². The van der Waals surface area contributed by atoms with E-state index in [0.717, 1.165) is 0 Å². The number of aliphatic hydroxyl groups excluding tert-OH is 1. The third-order valence-electron chi connectivity index (χ3n) is 2.08. The summed E-state index contributed by atoms with van der Waals surface area (Å²) in [6.07, 6.45) is -2.57. The maximum atomic E-state index is 10.3. The van der Waals surface area contributed by atoms with Crippen molar-refractivity contribution in [1.29, 1.82) is 0 Å². The molecule has 0 aromatic heterocycles. The molecule has 4 N–H and O–H groups in total. The van der Waals surface area contributed by atoms with Crippen LogP contribution in [0.4, 0.5) is 0 Å². The maximum absolute atomic E-state index is 10.3. The molecule has 1 rings (SSSR count). The molecule has 0 amide bonds. The number of nitrogens with one attached hydrogen (secondary N) is 1. The Morgan fingerprint density at radius 1 is 1.47 bits per heavy atom. The number of hydrogen-bond donors (Lipinski definition) is 4. The second-order valence-electron chi connectivity index (χ2n) is 4.85. The molecular weight excluding hydrogens is 218 g/mol. The Labute approximate surface area is 106 Å². The Balaban J connectivity index is 3.21. The predicted molar refractivity (Wildman–Crippen MR) is 66.7 cm³/mol. The third-order valence-corrected chi connectivity index (χ3v) is 2.08. The van der Waals surface area contributed by atoms with Crippen molar-refractivity contribution in [2.75, 3.05) is 6.50 Å². The molecule has 0 aliphatic carbocycles. The van der Waals surface area contributed by atoms with Gasteiger partial charge in [0.1, 0.15) is 5.75 Å². The van der Waals surface area contributed by atoms with Crippen molar-refractivity contribution in [3.05, 3.63) is 29.3 Å². The summed E-state index contributed by atoms with van der Waals surface area (Å²) >= 11 is 0. The SMILES string of the molecule is [2H]C([2H])(NC(C)(C)C)[C@@]([2H])(O)c1ccc(O)c(CO)c1. The summed E-state index contributed by atoms with van der Waals surface area (Å²) in [5.74, 6) is -0.170. The lowest BCUT2D eigenvalue weighted by atomic mass is 10.0. The fourth-order valence-electron chi connectivity index (χ4n) is 1.18. The summed E-state index contributed by atoms with van der Waals surface area (Å²) in [7, 11) is 0. The monoisotopic (exact) mass is 242 g/mol. The van der Waals surface area contributed by atoms with E-state index < -0.39 is 24.7 Å². The van der Waals surface area contributed by atoms with E-state index in [1.165, 1.54) is 18.2 Å². The summed E-state index contributed by atoms with van der Waals surface area (Å²) in [4.78, 5) is 0. The maximum Gasteiger partial charge on any atom is 0.121 e. The molecule has 0 aliphatic rings. The first kappa shape index (κ1) is 9.88. The average Bonchev–Trinajstić information content (AvgIpc) is 2.25. The van der Waals surface area contributed by atoms with Crippen LogP contribution in [-0.2, 0) is 6.61 Å². The van der Waals surface area contributed by atoms with Gasteiger partial charge >= 0.3 is 0 Å². The van der Waals surface area contributed by atoms with Crippen LogP contribution in [0.25, 0.3) is 0 Å². The Hall–Kier alpha value is -1.10. The highest BCUT2D eigenvalue weighted by Gasteiger charge is 2.14. The van der Waals surface area contributed by atoms with Gasteiger partial charge in [0.2, 0.25) is 0 Å². The first-order valence-corrected chi connectivity index (χ1v) is 5.36. The lowest BCUT2D eigenvalue weighted by Gasteiger charge is -2.23. The van der Waals surface area contributed by atoms with E-state index in [2.05, 4.69) is 5.32 Å².